The molecule has 0 aliphatic heterocycles. The van der Waals surface area contributed by atoms with Gasteiger partial charge in [-0.25, -0.2) is 4.79 Å². The molecule has 88 valence electrons. The summed E-state index contributed by atoms with van der Waals surface area (Å²) in [6.07, 6.45) is 0. The maximum absolute atomic E-state index is 11.3. The Morgan fingerprint density at radius 3 is 2.28 bits per heavy atom. The van der Waals surface area contributed by atoms with Crippen LogP contribution in [0.1, 0.15) is 21.5 Å². The Balaban J connectivity index is 2.43. The smallest absolute Gasteiger partial charge is 0.336 e. The van der Waals surface area contributed by atoms with E-state index < -0.39 is 5.97 Å². The summed E-state index contributed by atoms with van der Waals surface area (Å²) in [5.74, 6) is -0.985. The Morgan fingerprint density at radius 2 is 1.61 bits per heavy atom. The molecule has 2 aromatic carbocycles. The van der Waals surface area contributed by atoms with Gasteiger partial charge in [-0.1, -0.05) is 41.6 Å². The molecule has 4 nitrogen and oxygen atoms in total. The van der Waals surface area contributed by atoms with Crippen LogP contribution in [0.2, 0.25) is 0 Å². The van der Waals surface area contributed by atoms with Gasteiger partial charge in [-0.2, -0.15) is 0 Å². The number of carboxylic acid groups (broad SMARTS) is 1. The minimum Gasteiger partial charge on any atom is -0.478 e. The van der Waals surface area contributed by atoms with Crippen molar-refractivity contribution in [3.05, 3.63) is 59.2 Å². The van der Waals surface area contributed by atoms with E-state index in [0.717, 1.165) is 11.1 Å². The van der Waals surface area contributed by atoms with E-state index in [1.807, 2.05) is 24.3 Å². The predicted octanol–water partition coefficient (Wildman–Crippen LogP) is 2.59. The standard InChI is InChI=1S/C14H9NO3/c16-14(17)11-7-3-6-10-12(11)8-4-1-2-5-9(8)13(10)15-18/h1-7,18H,(H,16,17)/b15-13-. The molecule has 1 aliphatic rings. The van der Waals surface area contributed by atoms with Crippen LogP contribution in [0.5, 0.6) is 0 Å². The molecule has 0 fully saturated rings. The highest BCUT2D eigenvalue weighted by atomic mass is 16.4. The molecule has 0 bridgehead atoms. The highest BCUT2D eigenvalue weighted by Crippen LogP contribution is 2.39. The lowest BCUT2D eigenvalue weighted by Gasteiger charge is -2.04. The third kappa shape index (κ3) is 1.26. The molecule has 0 radical (unpaired) electrons. The van der Waals surface area contributed by atoms with Crippen LogP contribution in [0.15, 0.2) is 47.6 Å². The maximum Gasteiger partial charge on any atom is 0.336 e. The molecule has 3 rings (SSSR count). The third-order valence-corrected chi connectivity index (χ3v) is 3.10. The lowest BCUT2D eigenvalue weighted by molar-refractivity contribution is 0.0697. The van der Waals surface area contributed by atoms with Gasteiger partial charge in [-0.05, 0) is 11.6 Å². The van der Waals surface area contributed by atoms with Crippen molar-refractivity contribution in [2.24, 2.45) is 5.16 Å². The second-order valence-electron chi connectivity index (χ2n) is 4.03. The fourth-order valence-electron chi connectivity index (χ4n) is 2.38. The number of carboxylic acids is 1. The average Bonchev–Trinajstić information content (AvgIpc) is 2.72. The van der Waals surface area contributed by atoms with Crippen molar-refractivity contribution in [3.63, 3.8) is 0 Å². The van der Waals surface area contributed by atoms with Crippen molar-refractivity contribution in [1.82, 2.24) is 0 Å². The fourth-order valence-corrected chi connectivity index (χ4v) is 2.38. The van der Waals surface area contributed by atoms with Crippen molar-refractivity contribution < 1.29 is 15.1 Å². The van der Waals surface area contributed by atoms with E-state index in [1.54, 1.807) is 18.2 Å². The van der Waals surface area contributed by atoms with Crippen LogP contribution in [-0.4, -0.2) is 22.0 Å². The summed E-state index contributed by atoms with van der Waals surface area (Å²) < 4.78 is 0. The van der Waals surface area contributed by atoms with Crippen molar-refractivity contribution in [3.8, 4) is 11.1 Å². The van der Waals surface area contributed by atoms with Gasteiger partial charge in [0.05, 0.1) is 5.56 Å². The summed E-state index contributed by atoms with van der Waals surface area (Å²) in [6, 6.07) is 12.3. The summed E-state index contributed by atoms with van der Waals surface area (Å²) >= 11 is 0. The normalized spacial score (nSPS) is 14.3. The maximum atomic E-state index is 11.3. The Bertz CT molecular complexity index is 689. The molecule has 0 atom stereocenters. The molecule has 0 saturated carbocycles. The first kappa shape index (κ1) is 10.5. The first-order valence-electron chi connectivity index (χ1n) is 5.42. The number of oxime groups is 1. The number of hydrogen-bond donors (Lipinski definition) is 2. The molecule has 2 N–H and O–H groups in total. The van der Waals surface area contributed by atoms with Gasteiger partial charge in [-0.15, -0.1) is 0 Å². The number of carbonyl (C=O) groups is 1. The quantitative estimate of drug-likeness (QED) is 0.506. The van der Waals surface area contributed by atoms with Crippen LogP contribution in [-0.2, 0) is 0 Å². The van der Waals surface area contributed by atoms with E-state index in [0.29, 0.717) is 16.8 Å². The number of hydrogen-bond acceptors (Lipinski definition) is 3. The minimum atomic E-state index is -0.985. The average molecular weight is 239 g/mol. The Morgan fingerprint density at radius 1 is 0.944 bits per heavy atom. The zero-order valence-electron chi connectivity index (χ0n) is 9.29. The fraction of sp³-hybridized carbons (Fsp3) is 0. The molecular weight excluding hydrogens is 230 g/mol. The Labute approximate surface area is 103 Å². The largest absolute Gasteiger partial charge is 0.478 e. The highest BCUT2D eigenvalue weighted by Gasteiger charge is 2.28. The molecule has 0 amide bonds. The zero-order chi connectivity index (χ0) is 12.7. The third-order valence-electron chi connectivity index (χ3n) is 3.10. The predicted molar refractivity (Wildman–Crippen MR) is 66.3 cm³/mol. The number of nitrogens with zero attached hydrogens (tertiary/aromatic N) is 1. The van der Waals surface area contributed by atoms with Crippen LogP contribution in [0.25, 0.3) is 11.1 Å². The zero-order valence-corrected chi connectivity index (χ0v) is 9.29. The lowest BCUT2D eigenvalue weighted by Crippen LogP contribution is -2.01. The van der Waals surface area contributed by atoms with Crippen molar-refractivity contribution >= 4 is 11.7 Å². The Kier molecular flexibility index (Phi) is 2.16. The molecular formula is C14H9NO3. The van der Waals surface area contributed by atoms with Gasteiger partial charge in [0.15, 0.2) is 0 Å². The molecule has 2 aromatic rings. The molecule has 0 saturated heterocycles. The minimum absolute atomic E-state index is 0.221. The first-order valence-corrected chi connectivity index (χ1v) is 5.42. The van der Waals surface area contributed by atoms with Gasteiger partial charge >= 0.3 is 5.97 Å². The van der Waals surface area contributed by atoms with Crippen LogP contribution < -0.4 is 0 Å². The van der Waals surface area contributed by atoms with Gasteiger partial charge in [0.1, 0.15) is 5.71 Å². The van der Waals surface area contributed by atoms with Crippen LogP contribution >= 0.6 is 0 Å². The summed E-state index contributed by atoms with van der Waals surface area (Å²) in [4.78, 5) is 11.3. The SMILES string of the molecule is O=C(O)c1cccc2c1-c1ccccc1/C2=N/O. The summed E-state index contributed by atoms with van der Waals surface area (Å²) in [5, 5.41) is 21.7. The molecule has 18 heavy (non-hydrogen) atoms. The van der Waals surface area contributed by atoms with Gasteiger partial charge in [0.2, 0.25) is 0 Å². The van der Waals surface area contributed by atoms with Gasteiger partial charge in [0, 0.05) is 16.7 Å². The number of rotatable bonds is 1. The van der Waals surface area contributed by atoms with E-state index in [2.05, 4.69) is 5.16 Å². The van der Waals surface area contributed by atoms with Crippen LogP contribution in [0, 0.1) is 0 Å². The number of fused-ring (bicyclic) bond motifs is 3. The summed E-state index contributed by atoms with van der Waals surface area (Å²) in [6.45, 7) is 0. The molecule has 0 spiro atoms. The summed E-state index contributed by atoms with van der Waals surface area (Å²) in [7, 11) is 0. The molecule has 1 aliphatic carbocycles. The number of benzene rings is 2. The van der Waals surface area contributed by atoms with Crippen molar-refractivity contribution in [2.45, 2.75) is 0 Å². The topological polar surface area (TPSA) is 69.9 Å². The van der Waals surface area contributed by atoms with Crippen molar-refractivity contribution in [2.75, 3.05) is 0 Å². The molecule has 0 aromatic heterocycles. The van der Waals surface area contributed by atoms with E-state index in [4.69, 9.17) is 5.21 Å². The molecule has 0 unspecified atom stereocenters. The molecule has 0 heterocycles. The Hall–Kier alpha value is -2.62. The van der Waals surface area contributed by atoms with Gasteiger partial charge in [0.25, 0.3) is 0 Å². The van der Waals surface area contributed by atoms with E-state index >= 15 is 0 Å². The summed E-state index contributed by atoms with van der Waals surface area (Å²) in [5.41, 5.74) is 3.45. The first-order chi connectivity index (χ1) is 8.74. The second-order valence-corrected chi connectivity index (χ2v) is 4.03. The highest BCUT2D eigenvalue weighted by molar-refractivity contribution is 6.26. The molecule has 4 heteroatoms. The van der Waals surface area contributed by atoms with Gasteiger partial charge in [-0.3, -0.25) is 0 Å². The van der Waals surface area contributed by atoms with Gasteiger partial charge < -0.3 is 10.3 Å². The van der Waals surface area contributed by atoms with E-state index in [1.165, 1.54) is 0 Å². The van der Waals surface area contributed by atoms with Crippen LogP contribution in [0.4, 0.5) is 0 Å². The number of aromatic carboxylic acids is 1. The van der Waals surface area contributed by atoms with Crippen molar-refractivity contribution in [1.29, 1.82) is 0 Å². The monoisotopic (exact) mass is 239 g/mol. The second kappa shape index (κ2) is 3.70. The lowest BCUT2D eigenvalue weighted by atomic mass is 10.00. The van der Waals surface area contributed by atoms with E-state index in [-0.39, 0.29) is 5.56 Å². The van der Waals surface area contributed by atoms with Crippen LogP contribution in [0.3, 0.4) is 0 Å². The van der Waals surface area contributed by atoms with E-state index in [9.17, 15) is 9.90 Å².